The second-order valence-electron chi connectivity index (χ2n) is 5.98. The third kappa shape index (κ3) is 3.35. The summed E-state index contributed by atoms with van der Waals surface area (Å²) in [5.41, 5.74) is 1.42. The normalized spacial score (nSPS) is 12.1. The molecule has 0 radical (unpaired) electrons. The van der Waals surface area contributed by atoms with Crippen molar-refractivity contribution in [1.82, 2.24) is 9.38 Å². The van der Waals surface area contributed by atoms with E-state index >= 15 is 0 Å². The van der Waals surface area contributed by atoms with E-state index in [4.69, 9.17) is 0 Å². The number of nitrogens with one attached hydrogen (secondary N) is 1. The maximum Gasteiger partial charge on any atom is 0.376 e. The molecule has 0 aliphatic heterocycles. The van der Waals surface area contributed by atoms with Crippen molar-refractivity contribution in [3.05, 3.63) is 80.3 Å². The van der Waals surface area contributed by atoms with Crippen LogP contribution in [0.2, 0.25) is 0 Å². The smallest absolute Gasteiger partial charge is 0.361 e. The quantitative estimate of drug-likeness (QED) is 0.570. The highest BCUT2D eigenvalue weighted by atomic mass is 16.6. The summed E-state index contributed by atoms with van der Waals surface area (Å²) in [4.78, 5) is 27.4. The summed E-state index contributed by atoms with van der Waals surface area (Å²) < 4.78 is 1.18. The van der Waals surface area contributed by atoms with Crippen LogP contribution in [0.15, 0.2) is 53.5 Å². The van der Waals surface area contributed by atoms with Crippen LogP contribution in [0.5, 0.6) is 0 Å². The molecule has 0 saturated heterocycles. The van der Waals surface area contributed by atoms with E-state index in [9.17, 15) is 14.9 Å². The number of nitro groups is 1. The molecule has 7 heteroatoms. The van der Waals surface area contributed by atoms with Crippen LogP contribution >= 0.6 is 0 Å². The summed E-state index contributed by atoms with van der Waals surface area (Å²) in [5, 5.41) is 14.4. The van der Waals surface area contributed by atoms with Gasteiger partial charge in [0.2, 0.25) is 5.82 Å². The van der Waals surface area contributed by atoms with Gasteiger partial charge in [0.25, 0.3) is 0 Å². The summed E-state index contributed by atoms with van der Waals surface area (Å²) in [6.07, 6.45) is 2.14. The molecule has 2 heterocycles. The summed E-state index contributed by atoms with van der Waals surface area (Å²) in [6, 6.07) is 12.8. The fraction of sp³-hybridized carbons (Fsp3) is 0.222. The van der Waals surface area contributed by atoms with Gasteiger partial charge in [-0.05, 0) is 43.5 Å². The van der Waals surface area contributed by atoms with E-state index in [1.165, 1.54) is 10.6 Å². The third-order valence-corrected chi connectivity index (χ3v) is 4.06. The molecular formula is C18H18N4O3. The highest BCUT2D eigenvalue weighted by Crippen LogP contribution is 2.20. The van der Waals surface area contributed by atoms with Gasteiger partial charge in [0.15, 0.2) is 0 Å². The number of anilines is 1. The Morgan fingerprint density at radius 3 is 2.68 bits per heavy atom. The average molecular weight is 338 g/mol. The predicted octanol–water partition coefficient (Wildman–Crippen LogP) is 2.95. The molecule has 0 saturated carbocycles. The van der Waals surface area contributed by atoms with E-state index in [0.717, 1.165) is 11.1 Å². The molecule has 2 aromatic heterocycles. The van der Waals surface area contributed by atoms with Gasteiger partial charge in [-0.1, -0.05) is 30.3 Å². The molecule has 25 heavy (non-hydrogen) atoms. The topological polar surface area (TPSA) is 89.5 Å². The summed E-state index contributed by atoms with van der Waals surface area (Å²) in [5.74, 6) is 0.00211. The fourth-order valence-corrected chi connectivity index (χ4v) is 2.80. The molecule has 128 valence electrons. The lowest BCUT2D eigenvalue weighted by Gasteiger charge is -2.16. The van der Waals surface area contributed by atoms with Gasteiger partial charge < -0.3 is 5.32 Å². The lowest BCUT2D eigenvalue weighted by molar-refractivity contribution is -0.385. The fourth-order valence-electron chi connectivity index (χ4n) is 2.80. The van der Waals surface area contributed by atoms with Crippen LogP contribution in [-0.4, -0.2) is 20.3 Å². The Labute approximate surface area is 144 Å². The second-order valence-corrected chi connectivity index (χ2v) is 5.98. The third-order valence-electron chi connectivity index (χ3n) is 4.06. The van der Waals surface area contributed by atoms with Crippen molar-refractivity contribution < 1.29 is 4.92 Å². The van der Waals surface area contributed by atoms with E-state index < -0.39 is 16.2 Å². The largest absolute Gasteiger partial charge is 0.376 e. The first-order chi connectivity index (χ1) is 12.0. The van der Waals surface area contributed by atoms with E-state index in [1.54, 1.807) is 18.2 Å². The lowest BCUT2D eigenvalue weighted by atomic mass is 10.0. The number of pyridine rings is 1. The maximum atomic E-state index is 12.4. The Balaban J connectivity index is 1.97. The van der Waals surface area contributed by atoms with Crippen molar-refractivity contribution in [1.29, 1.82) is 0 Å². The molecule has 1 atom stereocenters. The molecule has 1 N–H and O–H groups in total. The Morgan fingerprint density at radius 2 is 1.96 bits per heavy atom. The minimum Gasteiger partial charge on any atom is -0.361 e. The lowest BCUT2D eigenvalue weighted by Crippen LogP contribution is -2.25. The summed E-state index contributed by atoms with van der Waals surface area (Å²) >= 11 is 0. The van der Waals surface area contributed by atoms with E-state index in [2.05, 4.69) is 10.3 Å². The number of fused-ring (bicyclic) bond motifs is 1. The number of rotatable bonds is 5. The highest BCUT2D eigenvalue weighted by molar-refractivity contribution is 5.60. The first kappa shape index (κ1) is 16.6. The van der Waals surface area contributed by atoms with Crippen LogP contribution in [0.4, 0.5) is 11.5 Å². The first-order valence-corrected chi connectivity index (χ1v) is 7.94. The second kappa shape index (κ2) is 6.72. The Bertz CT molecular complexity index is 997. The molecule has 0 aliphatic rings. The van der Waals surface area contributed by atoms with E-state index in [1.807, 2.05) is 38.1 Å². The van der Waals surface area contributed by atoms with Gasteiger partial charge in [-0.2, -0.15) is 0 Å². The van der Waals surface area contributed by atoms with E-state index in [0.29, 0.717) is 12.1 Å². The minimum atomic E-state index is -0.693. The van der Waals surface area contributed by atoms with Gasteiger partial charge in [-0.25, -0.2) is 4.98 Å². The van der Waals surface area contributed by atoms with Crippen LogP contribution in [0.25, 0.3) is 5.65 Å². The zero-order chi connectivity index (χ0) is 18.0. The molecule has 0 amide bonds. The van der Waals surface area contributed by atoms with Gasteiger partial charge in [-0.3, -0.25) is 19.3 Å². The number of nitrogens with zero attached hydrogens (tertiary/aromatic N) is 3. The van der Waals surface area contributed by atoms with Gasteiger partial charge in [0.1, 0.15) is 5.65 Å². The highest BCUT2D eigenvalue weighted by Gasteiger charge is 2.24. The average Bonchev–Trinajstić information content (AvgIpc) is 2.57. The molecule has 3 rings (SSSR count). The molecule has 0 fully saturated rings. The Kier molecular flexibility index (Phi) is 4.47. The van der Waals surface area contributed by atoms with Gasteiger partial charge in [0.05, 0.1) is 4.92 Å². The zero-order valence-corrected chi connectivity index (χ0v) is 14.0. The van der Waals surface area contributed by atoms with Crippen LogP contribution in [0.3, 0.4) is 0 Å². The maximum absolute atomic E-state index is 12.4. The monoisotopic (exact) mass is 338 g/mol. The van der Waals surface area contributed by atoms with Crippen molar-refractivity contribution in [2.45, 2.75) is 26.3 Å². The molecule has 7 nitrogen and oxygen atoms in total. The molecule has 0 bridgehead atoms. The number of hydrogen-bond acceptors (Lipinski definition) is 5. The summed E-state index contributed by atoms with van der Waals surface area (Å²) in [7, 11) is 0. The number of aryl methyl sites for hydroxylation is 1. The van der Waals surface area contributed by atoms with E-state index in [-0.39, 0.29) is 11.9 Å². The van der Waals surface area contributed by atoms with Crippen molar-refractivity contribution >= 4 is 17.2 Å². The Hall–Kier alpha value is -3.22. The van der Waals surface area contributed by atoms with Crippen molar-refractivity contribution in [2.75, 3.05) is 5.32 Å². The Morgan fingerprint density at radius 1 is 1.24 bits per heavy atom. The van der Waals surface area contributed by atoms with Crippen LogP contribution in [0, 0.1) is 17.0 Å². The molecule has 3 aromatic rings. The number of benzene rings is 1. The molecule has 0 aliphatic carbocycles. The molecule has 0 unspecified atom stereocenters. The standard InChI is InChI=1S/C18H18N4O3/c1-12-7-3-4-8-14(12)11-13(2)19-17-16(22(24)25)18(23)21-10-6-5-9-15(21)20-17/h3-10,13,19H,11H2,1-2H3/t13-/m1/s1. The van der Waals surface area contributed by atoms with Crippen LogP contribution in [-0.2, 0) is 6.42 Å². The van der Waals surface area contributed by atoms with Crippen LogP contribution in [0.1, 0.15) is 18.1 Å². The van der Waals surface area contributed by atoms with Gasteiger partial charge >= 0.3 is 11.2 Å². The number of hydrogen-bond donors (Lipinski definition) is 1. The molecule has 0 spiro atoms. The molecular weight excluding hydrogens is 320 g/mol. The van der Waals surface area contributed by atoms with Gasteiger partial charge in [-0.15, -0.1) is 0 Å². The van der Waals surface area contributed by atoms with Crippen LogP contribution < -0.4 is 10.9 Å². The number of aromatic nitrogens is 2. The molecule has 1 aromatic carbocycles. The first-order valence-electron chi connectivity index (χ1n) is 7.94. The summed E-state index contributed by atoms with van der Waals surface area (Å²) in [6.45, 7) is 3.93. The zero-order valence-electron chi connectivity index (χ0n) is 14.0. The minimum absolute atomic E-state index is 0.00211. The van der Waals surface area contributed by atoms with Crippen molar-refractivity contribution in [3.63, 3.8) is 0 Å². The van der Waals surface area contributed by atoms with Crippen molar-refractivity contribution in [3.8, 4) is 0 Å². The van der Waals surface area contributed by atoms with Gasteiger partial charge in [0, 0.05) is 12.2 Å². The van der Waals surface area contributed by atoms with Crippen molar-refractivity contribution in [2.24, 2.45) is 0 Å². The SMILES string of the molecule is Cc1ccccc1C[C@@H](C)Nc1nc2ccccn2c(=O)c1[N+](=O)[O-]. The predicted molar refractivity (Wildman–Crippen MR) is 96.1 cm³/mol.